The second-order valence-corrected chi connectivity index (χ2v) is 11.5. The standard InChI is InChI=1S/C28H30N4O4S/c1-29(37(35,36)22-15-16-26-23(19-22)27(33)31(3)28(34)30(26)2)17-8-18-32-24-11-6-4-9-20(24)13-14-21-10-5-7-12-25(21)32/h4-7,9-12,15-16,19H,8,13-14,17-18H2,1-3H3. The van der Waals surface area contributed by atoms with Gasteiger partial charge in [0.25, 0.3) is 5.56 Å². The summed E-state index contributed by atoms with van der Waals surface area (Å²) >= 11 is 0. The lowest BCUT2D eigenvalue weighted by Gasteiger charge is -2.28. The van der Waals surface area contributed by atoms with Gasteiger partial charge in [0.2, 0.25) is 10.0 Å². The number of anilines is 2. The summed E-state index contributed by atoms with van der Waals surface area (Å²) in [5, 5.41) is 0.192. The first-order valence-corrected chi connectivity index (χ1v) is 13.7. The average molecular weight is 519 g/mol. The minimum atomic E-state index is -3.83. The molecule has 0 unspecified atom stereocenters. The van der Waals surface area contributed by atoms with Gasteiger partial charge in [-0.05, 0) is 60.7 Å². The van der Waals surface area contributed by atoms with Crippen LogP contribution in [0.1, 0.15) is 17.5 Å². The van der Waals surface area contributed by atoms with Crippen molar-refractivity contribution >= 4 is 32.3 Å². The quantitative estimate of drug-likeness (QED) is 0.392. The zero-order valence-electron chi connectivity index (χ0n) is 21.2. The number of benzene rings is 3. The van der Waals surface area contributed by atoms with E-state index in [1.54, 1.807) is 14.1 Å². The molecule has 1 aromatic heterocycles. The van der Waals surface area contributed by atoms with Gasteiger partial charge in [0, 0.05) is 45.6 Å². The topological polar surface area (TPSA) is 84.6 Å². The van der Waals surface area contributed by atoms with Crippen LogP contribution >= 0.6 is 0 Å². The Bertz CT molecular complexity index is 1680. The maximum Gasteiger partial charge on any atom is 0.330 e. The van der Waals surface area contributed by atoms with Crippen LogP contribution in [-0.4, -0.2) is 42.0 Å². The predicted molar refractivity (Wildman–Crippen MR) is 146 cm³/mol. The molecule has 0 N–H and O–H groups in total. The van der Waals surface area contributed by atoms with Crippen LogP contribution in [0.2, 0.25) is 0 Å². The molecular weight excluding hydrogens is 488 g/mol. The number of rotatable bonds is 6. The Labute approximate surface area is 216 Å². The monoisotopic (exact) mass is 518 g/mol. The molecule has 0 saturated carbocycles. The van der Waals surface area contributed by atoms with Gasteiger partial charge in [0.15, 0.2) is 0 Å². The van der Waals surface area contributed by atoms with E-state index in [4.69, 9.17) is 0 Å². The minimum absolute atomic E-state index is 0.0312. The highest BCUT2D eigenvalue weighted by Crippen LogP contribution is 2.36. The fourth-order valence-electron chi connectivity index (χ4n) is 5.10. The van der Waals surface area contributed by atoms with Gasteiger partial charge in [-0.2, -0.15) is 0 Å². The molecule has 0 bridgehead atoms. The highest BCUT2D eigenvalue weighted by molar-refractivity contribution is 7.89. The Hall–Kier alpha value is -3.69. The molecule has 5 rings (SSSR count). The van der Waals surface area contributed by atoms with Crippen molar-refractivity contribution in [1.82, 2.24) is 13.4 Å². The first-order chi connectivity index (χ1) is 17.7. The lowest BCUT2D eigenvalue weighted by Crippen LogP contribution is -2.37. The number of sulfonamides is 1. The molecule has 9 heteroatoms. The number of fused-ring (bicyclic) bond motifs is 3. The number of aromatic nitrogens is 2. The Kier molecular flexibility index (Phi) is 6.51. The van der Waals surface area contributed by atoms with Crippen LogP contribution in [0.15, 0.2) is 81.2 Å². The Morgan fingerprint density at radius 2 is 1.43 bits per heavy atom. The summed E-state index contributed by atoms with van der Waals surface area (Å²) in [6, 6.07) is 21.1. The average Bonchev–Trinajstić information content (AvgIpc) is 3.07. The molecule has 1 aliphatic heterocycles. The van der Waals surface area contributed by atoms with Gasteiger partial charge in [-0.15, -0.1) is 0 Å². The van der Waals surface area contributed by atoms with Crippen LogP contribution in [0, 0.1) is 0 Å². The number of hydrogen-bond donors (Lipinski definition) is 0. The Morgan fingerprint density at radius 1 is 0.838 bits per heavy atom. The second kappa shape index (κ2) is 9.64. The summed E-state index contributed by atoms with van der Waals surface area (Å²) in [6.07, 6.45) is 2.54. The molecule has 2 heterocycles. The molecule has 37 heavy (non-hydrogen) atoms. The summed E-state index contributed by atoms with van der Waals surface area (Å²) in [4.78, 5) is 27.2. The van der Waals surface area contributed by atoms with Crippen LogP contribution in [-0.2, 0) is 37.0 Å². The number of para-hydroxylation sites is 2. The van der Waals surface area contributed by atoms with Gasteiger partial charge in [-0.25, -0.2) is 17.5 Å². The number of hydrogen-bond acceptors (Lipinski definition) is 5. The van der Waals surface area contributed by atoms with Crippen LogP contribution in [0.5, 0.6) is 0 Å². The zero-order valence-corrected chi connectivity index (χ0v) is 22.0. The number of nitrogens with zero attached hydrogens (tertiary/aromatic N) is 4. The lowest BCUT2D eigenvalue weighted by molar-refractivity contribution is 0.463. The van der Waals surface area contributed by atoms with Gasteiger partial charge in [-0.3, -0.25) is 13.9 Å². The molecule has 4 aromatic rings. The Morgan fingerprint density at radius 3 is 2.05 bits per heavy atom. The normalized spacial score (nSPS) is 13.5. The third-order valence-corrected chi connectivity index (χ3v) is 9.08. The molecule has 0 amide bonds. The van der Waals surface area contributed by atoms with Crippen LogP contribution < -0.4 is 16.1 Å². The molecule has 3 aromatic carbocycles. The van der Waals surface area contributed by atoms with Crippen molar-refractivity contribution < 1.29 is 8.42 Å². The highest BCUT2D eigenvalue weighted by Gasteiger charge is 2.24. The Balaban J connectivity index is 1.39. The smallest absolute Gasteiger partial charge is 0.330 e. The van der Waals surface area contributed by atoms with E-state index in [1.807, 2.05) is 12.1 Å². The second-order valence-electron chi connectivity index (χ2n) is 9.47. The van der Waals surface area contributed by atoms with Crippen LogP contribution in [0.3, 0.4) is 0 Å². The first-order valence-electron chi connectivity index (χ1n) is 12.3. The summed E-state index contributed by atoms with van der Waals surface area (Å²) in [5.41, 5.74) is 4.31. The molecule has 0 radical (unpaired) electrons. The fraction of sp³-hybridized carbons (Fsp3) is 0.286. The first kappa shape index (κ1) is 25.0. The molecule has 0 fully saturated rings. The summed E-state index contributed by atoms with van der Waals surface area (Å²) in [6.45, 7) is 0.973. The molecule has 0 saturated heterocycles. The molecule has 0 aliphatic carbocycles. The van der Waals surface area contributed by atoms with Gasteiger partial charge >= 0.3 is 5.69 Å². The van der Waals surface area contributed by atoms with Gasteiger partial charge in [0.05, 0.1) is 15.8 Å². The maximum atomic E-state index is 13.4. The van der Waals surface area contributed by atoms with Crippen molar-refractivity contribution in [2.45, 2.75) is 24.2 Å². The van der Waals surface area contributed by atoms with Crippen molar-refractivity contribution in [2.75, 3.05) is 25.0 Å². The van der Waals surface area contributed by atoms with Crippen molar-refractivity contribution in [3.8, 4) is 0 Å². The van der Waals surface area contributed by atoms with Gasteiger partial charge in [-0.1, -0.05) is 36.4 Å². The van der Waals surface area contributed by atoms with E-state index in [1.165, 1.54) is 45.2 Å². The molecular formula is C28H30N4O4S. The summed E-state index contributed by atoms with van der Waals surface area (Å²) in [7, 11) is 0.668. The largest absolute Gasteiger partial charge is 0.341 e. The van der Waals surface area contributed by atoms with E-state index in [9.17, 15) is 18.0 Å². The fourth-order valence-corrected chi connectivity index (χ4v) is 6.33. The van der Waals surface area contributed by atoms with E-state index in [0.717, 1.165) is 28.8 Å². The zero-order chi connectivity index (χ0) is 26.3. The predicted octanol–water partition coefficient (Wildman–Crippen LogP) is 3.18. The van der Waals surface area contributed by atoms with E-state index < -0.39 is 21.3 Å². The van der Waals surface area contributed by atoms with E-state index in [-0.39, 0.29) is 10.3 Å². The van der Waals surface area contributed by atoms with Crippen LogP contribution in [0.25, 0.3) is 10.9 Å². The summed E-state index contributed by atoms with van der Waals surface area (Å²) < 4.78 is 30.4. The maximum absolute atomic E-state index is 13.4. The van der Waals surface area contributed by atoms with Crippen molar-refractivity contribution in [3.05, 3.63) is 98.7 Å². The van der Waals surface area contributed by atoms with Gasteiger partial charge < -0.3 is 4.90 Å². The molecule has 8 nitrogen and oxygen atoms in total. The number of aryl methyl sites for hydroxylation is 3. The lowest BCUT2D eigenvalue weighted by atomic mass is 10.0. The van der Waals surface area contributed by atoms with Crippen LogP contribution in [0.4, 0.5) is 11.4 Å². The summed E-state index contributed by atoms with van der Waals surface area (Å²) in [5.74, 6) is 0. The third kappa shape index (κ3) is 4.38. The molecule has 0 spiro atoms. The van der Waals surface area contributed by atoms with E-state index in [2.05, 4.69) is 41.3 Å². The van der Waals surface area contributed by atoms with E-state index >= 15 is 0 Å². The van der Waals surface area contributed by atoms with Gasteiger partial charge in [0.1, 0.15) is 0 Å². The minimum Gasteiger partial charge on any atom is -0.341 e. The highest BCUT2D eigenvalue weighted by atomic mass is 32.2. The van der Waals surface area contributed by atoms with Crippen molar-refractivity contribution in [2.24, 2.45) is 14.1 Å². The van der Waals surface area contributed by atoms with Crippen molar-refractivity contribution in [3.63, 3.8) is 0 Å². The van der Waals surface area contributed by atoms with Crippen molar-refractivity contribution in [1.29, 1.82) is 0 Å². The SMILES string of the molecule is CN(CCCN1c2ccccc2CCc2ccccc21)S(=O)(=O)c1ccc2c(c1)c(=O)n(C)c(=O)n2C. The van der Waals surface area contributed by atoms with E-state index in [0.29, 0.717) is 25.0 Å². The third-order valence-electron chi connectivity index (χ3n) is 7.23. The molecule has 192 valence electrons. The molecule has 0 atom stereocenters. The molecule has 1 aliphatic rings.